The van der Waals surface area contributed by atoms with Crippen LogP contribution in [0.4, 0.5) is 0 Å². The van der Waals surface area contributed by atoms with Crippen LogP contribution < -0.4 is 0 Å². The summed E-state index contributed by atoms with van der Waals surface area (Å²) in [5.74, 6) is -0.367. The van der Waals surface area contributed by atoms with Gasteiger partial charge in [0, 0.05) is 38.3 Å². The average molecular weight is 276 g/mol. The van der Waals surface area contributed by atoms with Crippen LogP contribution in [-0.2, 0) is 20.9 Å². The molecule has 1 aliphatic heterocycles. The number of esters is 1. The minimum absolute atomic E-state index is 0.0897. The zero-order valence-corrected chi connectivity index (χ0v) is 11.7. The van der Waals surface area contributed by atoms with E-state index in [9.17, 15) is 9.59 Å². The highest BCUT2D eigenvalue weighted by Gasteiger charge is 2.32. The predicted octanol–water partition coefficient (Wildman–Crippen LogP) is 1.92. The largest absolute Gasteiger partial charge is 0.452 e. The number of unbranched alkanes of at least 4 members (excludes halogenated alkanes) is 1. The topological polar surface area (TPSA) is 59.5 Å². The molecular formula is C15H20N2O3. The van der Waals surface area contributed by atoms with E-state index >= 15 is 0 Å². The molecule has 0 N–H and O–H groups in total. The number of carbonyl (C=O) groups is 2. The normalized spacial score (nSPS) is 17.9. The lowest BCUT2D eigenvalue weighted by Gasteiger charge is -2.25. The molecule has 0 saturated carbocycles. The Morgan fingerprint density at radius 3 is 3.00 bits per heavy atom. The highest BCUT2D eigenvalue weighted by atomic mass is 16.6. The van der Waals surface area contributed by atoms with Gasteiger partial charge in [-0.3, -0.25) is 14.6 Å². The summed E-state index contributed by atoms with van der Waals surface area (Å²) < 4.78 is 5.08. The molecule has 1 aromatic rings. The van der Waals surface area contributed by atoms with Gasteiger partial charge < -0.3 is 9.64 Å². The fourth-order valence-corrected chi connectivity index (χ4v) is 2.23. The number of amides is 1. The summed E-state index contributed by atoms with van der Waals surface area (Å²) in [6.07, 6.45) is 5.65. The first-order valence-corrected chi connectivity index (χ1v) is 7.08. The molecule has 0 unspecified atom stereocenters. The lowest BCUT2D eigenvalue weighted by atomic mass is 10.2. The van der Waals surface area contributed by atoms with Crippen molar-refractivity contribution in [3.8, 4) is 0 Å². The van der Waals surface area contributed by atoms with Crippen LogP contribution in [0, 0.1) is 0 Å². The minimum atomic E-state index is -0.601. The SMILES string of the molecule is CCCCN(Cc1cccnc1)C(=O)[C@H]1CCC(=O)O1. The van der Waals surface area contributed by atoms with Gasteiger partial charge >= 0.3 is 5.97 Å². The average Bonchev–Trinajstić information content (AvgIpc) is 2.90. The number of rotatable bonds is 6. The lowest BCUT2D eigenvalue weighted by molar-refractivity contribution is -0.153. The van der Waals surface area contributed by atoms with E-state index in [1.165, 1.54) is 0 Å². The van der Waals surface area contributed by atoms with Crippen molar-refractivity contribution in [1.82, 2.24) is 9.88 Å². The van der Waals surface area contributed by atoms with Gasteiger partial charge in [0.1, 0.15) is 0 Å². The Balaban J connectivity index is 2.02. The second-order valence-electron chi connectivity index (χ2n) is 4.99. The van der Waals surface area contributed by atoms with Crippen molar-refractivity contribution in [2.24, 2.45) is 0 Å². The standard InChI is InChI=1S/C15H20N2O3/c1-2-3-9-17(11-12-5-4-8-16-10-12)15(19)13-6-7-14(18)20-13/h4-5,8,10,13H,2-3,6-7,9,11H2,1H3/t13-/m1/s1. The molecule has 2 heterocycles. The van der Waals surface area contributed by atoms with E-state index in [1.807, 2.05) is 12.1 Å². The Bertz CT molecular complexity index is 461. The van der Waals surface area contributed by atoms with Crippen LogP contribution >= 0.6 is 0 Å². The molecule has 1 aromatic heterocycles. The molecule has 0 aromatic carbocycles. The molecule has 2 rings (SSSR count). The summed E-state index contributed by atoms with van der Waals surface area (Å²) in [7, 11) is 0. The Morgan fingerprint density at radius 1 is 1.55 bits per heavy atom. The Labute approximate surface area is 118 Å². The number of pyridine rings is 1. The highest BCUT2D eigenvalue weighted by molar-refractivity contribution is 5.86. The summed E-state index contributed by atoms with van der Waals surface area (Å²) >= 11 is 0. The number of aromatic nitrogens is 1. The van der Waals surface area contributed by atoms with Gasteiger partial charge in [-0.05, 0) is 18.1 Å². The Kier molecular flexibility index (Phi) is 5.09. The molecule has 20 heavy (non-hydrogen) atoms. The molecule has 0 radical (unpaired) electrons. The van der Waals surface area contributed by atoms with Crippen LogP contribution in [0.15, 0.2) is 24.5 Å². The van der Waals surface area contributed by atoms with E-state index in [-0.39, 0.29) is 11.9 Å². The number of hydrogen-bond donors (Lipinski definition) is 0. The van der Waals surface area contributed by atoms with Crippen molar-refractivity contribution in [3.63, 3.8) is 0 Å². The van der Waals surface area contributed by atoms with Gasteiger partial charge in [0.25, 0.3) is 5.91 Å². The molecule has 108 valence electrons. The third-order valence-electron chi connectivity index (χ3n) is 3.35. The molecule has 1 fully saturated rings. The van der Waals surface area contributed by atoms with Crippen LogP contribution in [0.2, 0.25) is 0 Å². The van der Waals surface area contributed by atoms with Gasteiger partial charge in [0.15, 0.2) is 6.10 Å². The number of cyclic esters (lactones) is 1. The molecule has 0 aliphatic carbocycles. The van der Waals surface area contributed by atoms with Crippen LogP contribution in [0.3, 0.4) is 0 Å². The second-order valence-corrected chi connectivity index (χ2v) is 4.99. The first kappa shape index (κ1) is 14.5. The first-order chi connectivity index (χ1) is 9.70. The van der Waals surface area contributed by atoms with Crippen molar-refractivity contribution in [1.29, 1.82) is 0 Å². The van der Waals surface area contributed by atoms with Gasteiger partial charge in [0.2, 0.25) is 0 Å². The fourth-order valence-electron chi connectivity index (χ4n) is 2.23. The monoisotopic (exact) mass is 276 g/mol. The van der Waals surface area contributed by atoms with E-state index < -0.39 is 6.10 Å². The minimum Gasteiger partial charge on any atom is -0.452 e. The number of nitrogens with zero attached hydrogens (tertiary/aromatic N) is 2. The summed E-state index contributed by atoms with van der Waals surface area (Å²) in [5, 5.41) is 0. The van der Waals surface area contributed by atoms with E-state index in [1.54, 1.807) is 17.3 Å². The van der Waals surface area contributed by atoms with E-state index in [0.29, 0.717) is 25.9 Å². The Hall–Kier alpha value is -1.91. The van der Waals surface area contributed by atoms with E-state index in [0.717, 1.165) is 18.4 Å². The summed E-state index contributed by atoms with van der Waals surface area (Å²) in [4.78, 5) is 29.4. The fraction of sp³-hybridized carbons (Fsp3) is 0.533. The quantitative estimate of drug-likeness (QED) is 0.745. The highest BCUT2D eigenvalue weighted by Crippen LogP contribution is 2.18. The summed E-state index contributed by atoms with van der Waals surface area (Å²) in [5.41, 5.74) is 0.987. The van der Waals surface area contributed by atoms with Gasteiger partial charge in [-0.25, -0.2) is 0 Å². The molecular weight excluding hydrogens is 256 g/mol. The van der Waals surface area contributed by atoms with Gasteiger partial charge in [0.05, 0.1) is 0 Å². The molecule has 1 saturated heterocycles. The predicted molar refractivity (Wildman–Crippen MR) is 73.7 cm³/mol. The van der Waals surface area contributed by atoms with Crippen molar-refractivity contribution < 1.29 is 14.3 Å². The van der Waals surface area contributed by atoms with Crippen LogP contribution in [0.25, 0.3) is 0 Å². The van der Waals surface area contributed by atoms with E-state index in [4.69, 9.17) is 4.74 Å². The first-order valence-electron chi connectivity index (χ1n) is 7.08. The van der Waals surface area contributed by atoms with Crippen LogP contribution in [-0.4, -0.2) is 34.4 Å². The molecule has 1 atom stereocenters. The lowest BCUT2D eigenvalue weighted by Crippen LogP contribution is -2.39. The zero-order valence-electron chi connectivity index (χ0n) is 11.7. The molecule has 0 spiro atoms. The molecule has 1 amide bonds. The van der Waals surface area contributed by atoms with Crippen molar-refractivity contribution in [2.45, 2.75) is 45.3 Å². The number of hydrogen-bond acceptors (Lipinski definition) is 4. The zero-order chi connectivity index (χ0) is 14.4. The van der Waals surface area contributed by atoms with Crippen molar-refractivity contribution >= 4 is 11.9 Å². The maximum Gasteiger partial charge on any atom is 0.306 e. The summed E-state index contributed by atoms with van der Waals surface area (Å²) in [6, 6.07) is 3.80. The van der Waals surface area contributed by atoms with Crippen molar-refractivity contribution in [3.05, 3.63) is 30.1 Å². The number of carbonyl (C=O) groups excluding carboxylic acids is 2. The van der Waals surface area contributed by atoms with Gasteiger partial charge in [-0.1, -0.05) is 19.4 Å². The second kappa shape index (κ2) is 7.03. The Morgan fingerprint density at radius 2 is 2.40 bits per heavy atom. The molecule has 1 aliphatic rings. The molecule has 5 nitrogen and oxygen atoms in total. The molecule has 5 heteroatoms. The van der Waals surface area contributed by atoms with Crippen molar-refractivity contribution in [2.75, 3.05) is 6.54 Å². The summed E-state index contributed by atoms with van der Waals surface area (Å²) in [6.45, 7) is 3.28. The maximum atomic E-state index is 12.4. The third-order valence-corrected chi connectivity index (χ3v) is 3.35. The molecule has 0 bridgehead atoms. The van der Waals surface area contributed by atoms with E-state index in [2.05, 4.69) is 11.9 Å². The number of ether oxygens (including phenoxy) is 1. The third kappa shape index (κ3) is 3.79. The van der Waals surface area contributed by atoms with Crippen LogP contribution in [0.5, 0.6) is 0 Å². The van der Waals surface area contributed by atoms with Gasteiger partial charge in [-0.2, -0.15) is 0 Å². The smallest absolute Gasteiger partial charge is 0.306 e. The maximum absolute atomic E-state index is 12.4. The van der Waals surface area contributed by atoms with Crippen LogP contribution in [0.1, 0.15) is 38.2 Å². The van der Waals surface area contributed by atoms with Gasteiger partial charge in [-0.15, -0.1) is 0 Å².